The van der Waals surface area contributed by atoms with E-state index in [1.54, 1.807) is 32.0 Å². The molecule has 0 aliphatic rings. The standard InChI is InChI=1S/C18H25N5O5/c1-12(20-25-4)16(22-26-5)13(2)21-28-11-14-9-7-8-10-15(14)17(23-27-6)18(24)19-3/h7-10H,11H2,1-6H3,(H,19,24)/b20-12+,21-13-,22-16-,23-17-. The van der Waals surface area contributed by atoms with Crippen LogP contribution in [-0.2, 0) is 30.8 Å². The highest BCUT2D eigenvalue weighted by molar-refractivity contribution is 6.67. The molecule has 1 rings (SSSR count). The number of benzene rings is 1. The van der Waals surface area contributed by atoms with E-state index in [-0.39, 0.29) is 18.2 Å². The summed E-state index contributed by atoms with van der Waals surface area (Å²) in [7, 11) is 5.73. The van der Waals surface area contributed by atoms with Crippen molar-refractivity contribution in [2.75, 3.05) is 28.4 Å². The lowest BCUT2D eigenvalue weighted by Gasteiger charge is -2.10. The van der Waals surface area contributed by atoms with Gasteiger partial charge in [0.2, 0.25) is 0 Å². The van der Waals surface area contributed by atoms with E-state index < -0.39 is 0 Å². The summed E-state index contributed by atoms with van der Waals surface area (Å²) in [5, 5.41) is 18.1. The molecule has 0 heterocycles. The van der Waals surface area contributed by atoms with E-state index in [0.717, 1.165) is 0 Å². The Hall–Kier alpha value is -3.43. The van der Waals surface area contributed by atoms with Crippen molar-refractivity contribution in [2.24, 2.45) is 20.6 Å². The molecular weight excluding hydrogens is 366 g/mol. The highest BCUT2D eigenvalue weighted by Crippen LogP contribution is 2.13. The first-order valence-electron chi connectivity index (χ1n) is 8.27. The van der Waals surface area contributed by atoms with Crippen LogP contribution >= 0.6 is 0 Å². The first-order valence-corrected chi connectivity index (χ1v) is 8.27. The summed E-state index contributed by atoms with van der Waals surface area (Å²) in [6.07, 6.45) is 0. The van der Waals surface area contributed by atoms with Crippen LogP contribution in [0.3, 0.4) is 0 Å². The lowest BCUT2D eigenvalue weighted by atomic mass is 10.0. The molecule has 28 heavy (non-hydrogen) atoms. The van der Waals surface area contributed by atoms with Gasteiger partial charge in [0.05, 0.1) is 0 Å². The topological polar surface area (TPSA) is 115 Å². The summed E-state index contributed by atoms with van der Waals surface area (Å²) in [5.41, 5.74) is 2.70. The second-order valence-corrected chi connectivity index (χ2v) is 5.29. The maximum Gasteiger partial charge on any atom is 0.273 e. The van der Waals surface area contributed by atoms with Gasteiger partial charge in [0.15, 0.2) is 11.4 Å². The first-order chi connectivity index (χ1) is 13.5. The van der Waals surface area contributed by atoms with Gasteiger partial charge in [0.25, 0.3) is 5.91 Å². The zero-order valence-corrected chi connectivity index (χ0v) is 16.8. The molecule has 0 aliphatic carbocycles. The van der Waals surface area contributed by atoms with Gasteiger partial charge in [0.1, 0.15) is 39.4 Å². The molecule has 0 bridgehead atoms. The molecule has 1 aromatic rings. The molecule has 0 atom stereocenters. The number of nitrogens with zero attached hydrogens (tertiary/aromatic N) is 4. The van der Waals surface area contributed by atoms with Crippen LogP contribution in [0, 0.1) is 0 Å². The molecule has 0 radical (unpaired) electrons. The van der Waals surface area contributed by atoms with E-state index in [9.17, 15) is 4.79 Å². The van der Waals surface area contributed by atoms with Gasteiger partial charge in [-0.2, -0.15) is 0 Å². The third kappa shape index (κ3) is 6.38. The van der Waals surface area contributed by atoms with Gasteiger partial charge in [-0.15, -0.1) is 0 Å². The minimum atomic E-state index is -0.380. The number of rotatable bonds is 10. The van der Waals surface area contributed by atoms with Crippen molar-refractivity contribution in [3.63, 3.8) is 0 Å². The minimum Gasteiger partial charge on any atom is -0.399 e. The van der Waals surface area contributed by atoms with Crippen molar-refractivity contribution in [3.05, 3.63) is 35.4 Å². The van der Waals surface area contributed by atoms with Crippen LogP contribution in [-0.4, -0.2) is 57.1 Å². The van der Waals surface area contributed by atoms with Crippen molar-refractivity contribution in [2.45, 2.75) is 20.5 Å². The van der Waals surface area contributed by atoms with E-state index in [2.05, 4.69) is 25.9 Å². The Labute approximate surface area is 163 Å². The van der Waals surface area contributed by atoms with Crippen molar-refractivity contribution in [1.29, 1.82) is 0 Å². The lowest BCUT2D eigenvalue weighted by molar-refractivity contribution is -0.114. The molecule has 0 aliphatic heterocycles. The van der Waals surface area contributed by atoms with Crippen LogP contribution in [0.25, 0.3) is 0 Å². The summed E-state index contributed by atoms with van der Waals surface area (Å²) in [5.74, 6) is -0.380. The predicted molar refractivity (Wildman–Crippen MR) is 107 cm³/mol. The molecule has 0 unspecified atom stereocenters. The van der Waals surface area contributed by atoms with Gasteiger partial charge in [-0.25, -0.2) is 0 Å². The van der Waals surface area contributed by atoms with Gasteiger partial charge in [-0.05, 0) is 13.8 Å². The number of oxime groups is 4. The quantitative estimate of drug-likeness (QED) is 0.481. The molecule has 10 nitrogen and oxygen atoms in total. The van der Waals surface area contributed by atoms with Crippen LogP contribution in [0.2, 0.25) is 0 Å². The molecule has 152 valence electrons. The summed E-state index contributed by atoms with van der Waals surface area (Å²) >= 11 is 0. The highest BCUT2D eigenvalue weighted by atomic mass is 16.6. The smallest absolute Gasteiger partial charge is 0.273 e. The molecular formula is C18H25N5O5. The average Bonchev–Trinajstić information content (AvgIpc) is 2.70. The third-order valence-corrected chi connectivity index (χ3v) is 3.41. The number of nitrogens with one attached hydrogen (secondary N) is 1. The molecule has 0 saturated carbocycles. The molecule has 0 aromatic heterocycles. The molecule has 0 saturated heterocycles. The van der Waals surface area contributed by atoms with E-state index in [1.165, 1.54) is 28.4 Å². The highest BCUT2D eigenvalue weighted by Gasteiger charge is 2.17. The molecule has 10 heteroatoms. The van der Waals surface area contributed by atoms with Gasteiger partial charge >= 0.3 is 0 Å². The molecule has 1 amide bonds. The summed E-state index contributed by atoms with van der Waals surface area (Å²) in [4.78, 5) is 31.9. The minimum absolute atomic E-state index is 0.0912. The predicted octanol–water partition coefficient (Wildman–Crippen LogP) is 1.70. The van der Waals surface area contributed by atoms with Crippen LogP contribution in [0.4, 0.5) is 0 Å². The SMILES string of the molecule is CNC(=O)/C(=N\OC)c1ccccc1CO\N=C(C)/C(=N\OC)C(/C)=N/OC. The molecule has 0 fully saturated rings. The Balaban J connectivity index is 3.06. The zero-order valence-electron chi connectivity index (χ0n) is 16.8. The van der Waals surface area contributed by atoms with Crippen molar-refractivity contribution in [3.8, 4) is 0 Å². The Morgan fingerprint density at radius 1 is 0.929 bits per heavy atom. The Kier molecular flexibility index (Phi) is 9.73. The number of likely N-dealkylation sites (N-methyl/N-ethyl adjacent to an activating group) is 1. The van der Waals surface area contributed by atoms with Crippen LogP contribution in [0.15, 0.2) is 44.9 Å². The monoisotopic (exact) mass is 391 g/mol. The van der Waals surface area contributed by atoms with Crippen molar-refractivity contribution >= 4 is 28.8 Å². The van der Waals surface area contributed by atoms with E-state index in [4.69, 9.17) is 19.4 Å². The second-order valence-electron chi connectivity index (χ2n) is 5.29. The largest absolute Gasteiger partial charge is 0.399 e. The van der Waals surface area contributed by atoms with Crippen molar-refractivity contribution in [1.82, 2.24) is 5.32 Å². The number of carbonyl (C=O) groups is 1. The average molecular weight is 391 g/mol. The van der Waals surface area contributed by atoms with Gasteiger partial charge in [-0.3, -0.25) is 4.79 Å². The number of hydrogen-bond donors (Lipinski definition) is 1. The van der Waals surface area contributed by atoms with E-state index >= 15 is 0 Å². The fraction of sp³-hybridized carbons (Fsp3) is 0.389. The fourth-order valence-corrected chi connectivity index (χ4v) is 2.21. The Morgan fingerprint density at radius 3 is 2.14 bits per heavy atom. The van der Waals surface area contributed by atoms with Gasteiger partial charge in [-0.1, -0.05) is 44.9 Å². The van der Waals surface area contributed by atoms with Gasteiger partial charge < -0.3 is 24.7 Å². The zero-order chi connectivity index (χ0) is 20.9. The molecule has 0 spiro atoms. The number of carbonyl (C=O) groups excluding carboxylic acids is 1. The summed E-state index contributed by atoms with van der Waals surface area (Å²) in [6.45, 7) is 3.49. The van der Waals surface area contributed by atoms with Gasteiger partial charge in [0, 0.05) is 18.2 Å². The van der Waals surface area contributed by atoms with Crippen LogP contribution < -0.4 is 5.32 Å². The summed E-state index contributed by atoms with van der Waals surface area (Å²) in [6, 6.07) is 7.15. The number of amides is 1. The normalized spacial score (nSPS) is 13.1. The molecule has 1 aromatic carbocycles. The first kappa shape index (κ1) is 22.6. The van der Waals surface area contributed by atoms with Crippen LogP contribution in [0.5, 0.6) is 0 Å². The molecule has 1 N–H and O–H groups in total. The maximum absolute atomic E-state index is 12.1. The summed E-state index contributed by atoms with van der Waals surface area (Å²) < 4.78 is 0. The van der Waals surface area contributed by atoms with Crippen molar-refractivity contribution < 1.29 is 24.1 Å². The van der Waals surface area contributed by atoms with Crippen LogP contribution in [0.1, 0.15) is 25.0 Å². The Bertz CT molecular complexity index is 786. The van der Waals surface area contributed by atoms with E-state index in [0.29, 0.717) is 28.3 Å². The third-order valence-electron chi connectivity index (χ3n) is 3.41. The maximum atomic E-state index is 12.1. The number of hydrogen-bond acceptors (Lipinski definition) is 9. The second kappa shape index (κ2) is 12.0. The van der Waals surface area contributed by atoms with E-state index in [1.807, 2.05) is 6.07 Å². The lowest BCUT2D eigenvalue weighted by Crippen LogP contribution is -2.29. The fourth-order valence-electron chi connectivity index (χ4n) is 2.21. The Morgan fingerprint density at radius 2 is 1.54 bits per heavy atom.